The third-order valence-electron chi connectivity index (χ3n) is 3.10. The van der Waals surface area contributed by atoms with Crippen molar-refractivity contribution in [2.24, 2.45) is 0 Å². The molecule has 1 aromatic rings. The summed E-state index contributed by atoms with van der Waals surface area (Å²) in [5.74, 6) is 1.13. The van der Waals surface area contributed by atoms with Crippen molar-refractivity contribution in [3.63, 3.8) is 0 Å². The second-order valence-corrected chi connectivity index (χ2v) is 5.03. The Hall–Kier alpha value is -1.23. The van der Waals surface area contributed by atoms with Crippen LogP contribution in [0.25, 0.3) is 0 Å². The Morgan fingerprint density at radius 3 is 2.22 bits per heavy atom. The van der Waals surface area contributed by atoms with Crippen LogP contribution in [0.4, 0.5) is 0 Å². The van der Waals surface area contributed by atoms with Crippen molar-refractivity contribution >= 4 is 21.8 Å². The first kappa shape index (κ1) is 13.2. The fourth-order valence-corrected chi connectivity index (χ4v) is 2.40. The zero-order valence-corrected chi connectivity index (χ0v) is 12.0. The summed E-state index contributed by atoms with van der Waals surface area (Å²) < 4.78 is 10.3. The molecule has 0 aliphatic heterocycles. The molecule has 18 heavy (non-hydrogen) atoms. The standard InChI is InChI=1S/C13H16BrNO3/c1-17-10-5-9(6-11(7-10)18-2)12(16)15-13(8-14)3-4-13/h5-7H,3-4,8H2,1-2H3,(H,15,16). The molecule has 0 radical (unpaired) electrons. The van der Waals surface area contributed by atoms with Crippen molar-refractivity contribution in [1.82, 2.24) is 5.32 Å². The van der Waals surface area contributed by atoms with Crippen molar-refractivity contribution < 1.29 is 14.3 Å². The van der Waals surface area contributed by atoms with Crippen molar-refractivity contribution in [2.75, 3.05) is 19.5 Å². The number of amides is 1. The molecule has 1 amide bonds. The minimum Gasteiger partial charge on any atom is -0.497 e. The zero-order valence-electron chi connectivity index (χ0n) is 10.5. The molecule has 0 spiro atoms. The van der Waals surface area contributed by atoms with E-state index in [9.17, 15) is 4.79 Å². The molecule has 1 aliphatic carbocycles. The maximum Gasteiger partial charge on any atom is 0.252 e. The van der Waals surface area contributed by atoms with Gasteiger partial charge in [-0.05, 0) is 25.0 Å². The molecule has 2 rings (SSSR count). The predicted molar refractivity (Wildman–Crippen MR) is 72.8 cm³/mol. The van der Waals surface area contributed by atoms with Crippen molar-refractivity contribution in [2.45, 2.75) is 18.4 Å². The molecule has 0 heterocycles. The summed E-state index contributed by atoms with van der Waals surface area (Å²) in [5.41, 5.74) is 0.492. The largest absolute Gasteiger partial charge is 0.497 e. The lowest BCUT2D eigenvalue weighted by Crippen LogP contribution is -2.38. The van der Waals surface area contributed by atoms with Gasteiger partial charge in [0.25, 0.3) is 5.91 Å². The van der Waals surface area contributed by atoms with Crippen LogP contribution in [-0.4, -0.2) is 31.0 Å². The first-order valence-electron chi connectivity index (χ1n) is 5.74. The monoisotopic (exact) mass is 313 g/mol. The van der Waals surface area contributed by atoms with Crippen LogP contribution in [0.2, 0.25) is 0 Å². The van der Waals surface area contributed by atoms with Gasteiger partial charge in [-0.25, -0.2) is 0 Å². The van der Waals surface area contributed by atoms with Gasteiger partial charge in [0.2, 0.25) is 0 Å². The van der Waals surface area contributed by atoms with E-state index < -0.39 is 0 Å². The highest BCUT2D eigenvalue weighted by Gasteiger charge is 2.43. The summed E-state index contributed by atoms with van der Waals surface area (Å²) in [5, 5.41) is 3.82. The molecule has 0 saturated heterocycles. The topological polar surface area (TPSA) is 47.6 Å². The van der Waals surface area contributed by atoms with Gasteiger partial charge in [-0.15, -0.1) is 0 Å². The van der Waals surface area contributed by atoms with Crippen LogP contribution in [0, 0.1) is 0 Å². The Kier molecular flexibility index (Phi) is 3.80. The lowest BCUT2D eigenvalue weighted by molar-refractivity contribution is 0.0936. The Morgan fingerprint density at radius 2 is 1.83 bits per heavy atom. The second-order valence-electron chi connectivity index (χ2n) is 4.47. The second kappa shape index (κ2) is 5.18. The number of rotatable bonds is 5. The van der Waals surface area contributed by atoms with Gasteiger partial charge in [0, 0.05) is 17.0 Å². The number of ether oxygens (including phenoxy) is 2. The fourth-order valence-electron chi connectivity index (χ4n) is 1.69. The van der Waals surface area contributed by atoms with E-state index in [1.807, 2.05) is 0 Å². The van der Waals surface area contributed by atoms with E-state index >= 15 is 0 Å². The first-order valence-corrected chi connectivity index (χ1v) is 6.86. The van der Waals surface area contributed by atoms with Gasteiger partial charge in [-0.1, -0.05) is 15.9 Å². The average Bonchev–Trinajstić information content (AvgIpc) is 3.18. The predicted octanol–water partition coefficient (Wildman–Crippen LogP) is 2.36. The number of hydrogen-bond acceptors (Lipinski definition) is 3. The third kappa shape index (κ3) is 2.77. The molecule has 1 N–H and O–H groups in total. The van der Waals surface area contributed by atoms with E-state index in [4.69, 9.17) is 9.47 Å². The molecule has 0 unspecified atom stereocenters. The molecule has 1 fully saturated rings. The third-order valence-corrected chi connectivity index (χ3v) is 4.18. The van der Waals surface area contributed by atoms with Crippen molar-refractivity contribution in [1.29, 1.82) is 0 Å². The van der Waals surface area contributed by atoms with Crippen molar-refractivity contribution in [3.05, 3.63) is 23.8 Å². The van der Waals surface area contributed by atoms with Gasteiger partial charge in [0.05, 0.1) is 19.8 Å². The van der Waals surface area contributed by atoms with Crippen molar-refractivity contribution in [3.8, 4) is 11.5 Å². The maximum absolute atomic E-state index is 12.2. The van der Waals surface area contributed by atoms with Gasteiger partial charge >= 0.3 is 0 Å². The van der Waals surface area contributed by atoms with Gasteiger partial charge in [0.15, 0.2) is 0 Å². The first-order chi connectivity index (χ1) is 8.62. The number of carbonyl (C=O) groups is 1. The number of alkyl halides is 1. The van der Waals surface area contributed by atoms with Crippen LogP contribution in [0.3, 0.4) is 0 Å². The van der Waals surface area contributed by atoms with Crippen LogP contribution in [0.15, 0.2) is 18.2 Å². The Bertz CT molecular complexity index is 435. The number of hydrogen-bond donors (Lipinski definition) is 1. The highest BCUT2D eigenvalue weighted by molar-refractivity contribution is 9.09. The molecule has 0 atom stereocenters. The molecule has 0 bridgehead atoms. The van der Waals surface area contributed by atoms with Gasteiger partial charge in [0.1, 0.15) is 11.5 Å². The lowest BCUT2D eigenvalue weighted by atomic mass is 10.1. The molecule has 98 valence electrons. The molecule has 0 aromatic heterocycles. The maximum atomic E-state index is 12.2. The quantitative estimate of drug-likeness (QED) is 0.849. The molecular formula is C13H16BrNO3. The summed E-state index contributed by atoms with van der Waals surface area (Å²) in [6.07, 6.45) is 2.04. The molecule has 5 heteroatoms. The number of methoxy groups -OCH3 is 2. The molecule has 1 saturated carbocycles. The average molecular weight is 314 g/mol. The Labute approximate surface area is 115 Å². The van der Waals surface area contributed by atoms with Gasteiger partial charge in [-0.3, -0.25) is 4.79 Å². The van der Waals surface area contributed by atoms with Gasteiger partial charge in [-0.2, -0.15) is 0 Å². The molecule has 1 aliphatic rings. The zero-order chi connectivity index (χ0) is 13.2. The highest BCUT2D eigenvalue weighted by Crippen LogP contribution is 2.37. The molecular weight excluding hydrogens is 298 g/mol. The number of carbonyl (C=O) groups excluding carboxylic acids is 1. The summed E-state index contributed by atoms with van der Waals surface area (Å²) in [4.78, 5) is 12.2. The van der Waals surface area contributed by atoms with Crippen LogP contribution in [0.1, 0.15) is 23.2 Å². The van der Waals surface area contributed by atoms with Crippen LogP contribution in [-0.2, 0) is 0 Å². The summed E-state index contributed by atoms with van der Waals surface area (Å²) in [6, 6.07) is 5.17. The highest BCUT2D eigenvalue weighted by atomic mass is 79.9. The van der Waals surface area contributed by atoms with E-state index in [2.05, 4.69) is 21.2 Å². The van der Waals surface area contributed by atoms with Crippen LogP contribution >= 0.6 is 15.9 Å². The molecule has 4 nitrogen and oxygen atoms in total. The smallest absolute Gasteiger partial charge is 0.252 e. The Morgan fingerprint density at radius 1 is 1.28 bits per heavy atom. The molecule has 1 aromatic carbocycles. The minimum atomic E-state index is -0.0934. The summed E-state index contributed by atoms with van der Waals surface area (Å²) in [7, 11) is 3.13. The van der Waals surface area contributed by atoms with E-state index in [1.165, 1.54) is 0 Å². The van der Waals surface area contributed by atoms with E-state index in [1.54, 1.807) is 32.4 Å². The van der Waals surface area contributed by atoms with Gasteiger partial charge < -0.3 is 14.8 Å². The van der Waals surface area contributed by atoms with E-state index in [0.717, 1.165) is 18.2 Å². The number of nitrogens with one attached hydrogen (secondary N) is 1. The van der Waals surface area contributed by atoms with Crippen LogP contribution in [0.5, 0.6) is 11.5 Å². The fraction of sp³-hybridized carbons (Fsp3) is 0.462. The Balaban J connectivity index is 2.18. The normalized spacial score (nSPS) is 15.9. The SMILES string of the molecule is COc1cc(OC)cc(C(=O)NC2(CBr)CC2)c1. The van der Waals surface area contributed by atoms with E-state index in [0.29, 0.717) is 17.1 Å². The number of benzene rings is 1. The van der Waals surface area contributed by atoms with E-state index in [-0.39, 0.29) is 11.4 Å². The minimum absolute atomic E-state index is 0.0621. The lowest BCUT2D eigenvalue weighted by Gasteiger charge is -2.15. The van der Waals surface area contributed by atoms with Crippen LogP contribution < -0.4 is 14.8 Å². The summed E-state index contributed by atoms with van der Waals surface area (Å²) in [6.45, 7) is 0. The summed E-state index contributed by atoms with van der Waals surface area (Å²) >= 11 is 3.43. The number of halogens is 1.